The first-order valence-electron chi connectivity index (χ1n) is 7.03. The van der Waals surface area contributed by atoms with E-state index in [-0.39, 0.29) is 5.56 Å². The lowest BCUT2D eigenvalue weighted by Crippen LogP contribution is -2.37. The average molecular weight is 405 g/mol. The first-order valence-corrected chi connectivity index (χ1v) is 7.82. The summed E-state index contributed by atoms with van der Waals surface area (Å²) in [7, 11) is 0. The molecule has 0 N–H and O–H groups in total. The molecule has 1 atom stereocenters. The van der Waals surface area contributed by atoms with Crippen molar-refractivity contribution in [1.82, 2.24) is 0 Å². The maximum atomic E-state index is 14.6. The van der Waals surface area contributed by atoms with E-state index in [9.17, 15) is 22.0 Å². The van der Waals surface area contributed by atoms with Crippen molar-refractivity contribution in [3.63, 3.8) is 0 Å². The van der Waals surface area contributed by atoms with Crippen LogP contribution in [0.15, 0.2) is 54.4 Å². The largest absolute Gasteiger partial charge is 0.323 e. The number of rotatable bonds is 4. The van der Waals surface area contributed by atoms with Crippen LogP contribution >= 0.6 is 15.9 Å². The summed E-state index contributed by atoms with van der Waals surface area (Å²) < 4.78 is 67.7. The summed E-state index contributed by atoms with van der Waals surface area (Å²) >= 11 is 2.05. The maximum Gasteiger partial charge on any atom is 0.323 e. The quantitative estimate of drug-likeness (QED) is 0.389. The second kappa shape index (κ2) is 6.67. The average Bonchev–Trinajstić information content (AvgIpc) is 2.54. The van der Waals surface area contributed by atoms with Gasteiger partial charge in [0.15, 0.2) is 11.7 Å². The Bertz CT molecular complexity index is 746. The lowest BCUT2D eigenvalue weighted by molar-refractivity contribution is -0.0851. The van der Waals surface area contributed by atoms with E-state index in [4.69, 9.17) is 0 Å². The van der Waals surface area contributed by atoms with Crippen LogP contribution in [0.1, 0.15) is 22.3 Å². The summed E-state index contributed by atoms with van der Waals surface area (Å²) in [5.74, 6) is -8.20. The van der Waals surface area contributed by atoms with E-state index in [0.717, 1.165) is 17.7 Å². The van der Waals surface area contributed by atoms with E-state index >= 15 is 0 Å². The van der Waals surface area contributed by atoms with E-state index in [2.05, 4.69) is 0 Å². The third kappa shape index (κ3) is 3.38. The molecule has 0 heterocycles. The minimum Gasteiger partial charge on any atom is -0.216 e. The van der Waals surface area contributed by atoms with Crippen molar-refractivity contribution >= 4 is 21.8 Å². The summed E-state index contributed by atoms with van der Waals surface area (Å²) in [6.07, 6.45) is 0. The van der Waals surface area contributed by atoms with Gasteiger partial charge in [-0.1, -0.05) is 59.7 Å². The molecule has 0 aliphatic carbocycles. The molecule has 0 aromatic heterocycles. The molecule has 0 aliphatic rings. The topological polar surface area (TPSA) is 0 Å². The van der Waals surface area contributed by atoms with Gasteiger partial charge < -0.3 is 0 Å². The van der Waals surface area contributed by atoms with Crippen LogP contribution in [0.4, 0.5) is 22.0 Å². The van der Waals surface area contributed by atoms with Crippen LogP contribution in [-0.2, 0) is 5.92 Å². The predicted octanol–water partition coefficient (Wildman–Crippen LogP) is 6.76. The first-order chi connectivity index (χ1) is 11.1. The van der Waals surface area contributed by atoms with Crippen LogP contribution in [-0.4, -0.2) is 4.58 Å². The van der Waals surface area contributed by atoms with Gasteiger partial charge in [0.2, 0.25) is 0 Å². The molecule has 0 bridgehead atoms. The lowest BCUT2D eigenvalue weighted by Gasteiger charge is -2.28. The number of hydrogen-bond acceptors (Lipinski definition) is 0. The summed E-state index contributed by atoms with van der Waals surface area (Å²) in [6, 6.07) is 9.94. The van der Waals surface area contributed by atoms with Crippen LogP contribution in [0.2, 0.25) is 0 Å². The lowest BCUT2D eigenvalue weighted by atomic mass is 10.0. The number of hydrogen-bond donors (Lipinski definition) is 0. The molecule has 0 saturated carbocycles. The number of allylic oxidation sites excluding steroid dienone is 1. The third-order valence-electron chi connectivity index (χ3n) is 3.58. The highest BCUT2D eigenvalue weighted by Crippen LogP contribution is 2.52. The molecular formula is C18H14BrF5. The molecule has 1 unspecified atom stereocenters. The number of aryl methyl sites for hydroxylation is 2. The van der Waals surface area contributed by atoms with Gasteiger partial charge in [0, 0.05) is 11.1 Å². The highest BCUT2D eigenvalue weighted by Gasteiger charge is 2.59. The van der Waals surface area contributed by atoms with Gasteiger partial charge in [-0.2, -0.15) is 8.78 Å². The second-order valence-corrected chi connectivity index (χ2v) is 6.60. The Morgan fingerprint density at radius 2 is 1.21 bits per heavy atom. The second-order valence-electron chi connectivity index (χ2n) is 5.51. The van der Waals surface area contributed by atoms with E-state index in [1.54, 1.807) is 13.8 Å². The first kappa shape index (κ1) is 18.6. The standard InChI is InChI=1S/C18H14BrF5/c1-11-3-7-13(8-4-11)15(20)16(21)17(19,22)18(23,24)14-9-5-12(2)6-10-14/h3-10H,1-2H3/b16-15+. The summed E-state index contributed by atoms with van der Waals surface area (Å²) in [5.41, 5.74) is 0.358. The van der Waals surface area contributed by atoms with Crippen molar-refractivity contribution in [1.29, 1.82) is 0 Å². The third-order valence-corrected chi connectivity index (χ3v) is 4.43. The van der Waals surface area contributed by atoms with Gasteiger partial charge in [-0.15, -0.1) is 0 Å². The van der Waals surface area contributed by atoms with Crippen LogP contribution in [0, 0.1) is 13.8 Å². The minimum atomic E-state index is -4.31. The molecule has 0 radical (unpaired) electrons. The Hall–Kier alpha value is -1.69. The molecule has 0 fully saturated rings. The fourth-order valence-corrected chi connectivity index (χ4v) is 2.45. The van der Waals surface area contributed by atoms with E-state index in [1.165, 1.54) is 36.4 Å². The van der Waals surface area contributed by atoms with E-state index in [0.29, 0.717) is 5.56 Å². The molecule has 128 valence electrons. The number of alkyl halides is 4. The van der Waals surface area contributed by atoms with Crippen molar-refractivity contribution in [2.24, 2.45) is 0 Å². The summed E-state index contributed by atoms with van der Waals surface area (Å²) in [6.45, 7) is 3.38. The van der Waals surface area contributed by atoms with Crippen molar-refractivity contribution in [3.05, 3.63) is 76.6 Å². The van der Waals surface area contributed by atoms with Gasteiger partial charge in [-0.3, -0.25) is 0 Å². The Morgan fingerprint density at radius 1 is 0.792 bits per heavy atom. The molecule has 0 aliphatic heterocycles. The minimum absolute atomic E-state index is 0.320. The van der Waals surface area contributed by atoms with Crippen molar-refractivity contribution in [3.8, 4) is 0 Å². The highest BCUT2D eigenvalue weighted by molar-refractivity contribution is 9.10. The molecular weight excluding hydrogens is 391 g/mol. The molecule has 2 aromatic rings. The van der Waals surface area contributed by atoms with Gasteiger partial charge in [0.25, 0.3) is 4.58 Å². The van der Waals surface area contributed by atoms with Gasteiger partial charge in [0.1, 0.15) is 0 Å². The molecule has 2 rings (SSSR count). The van der Waals surface area contributed by atoms with Crippen molar-refractivity contribution < 1.29 is 22.0 Å². The Labute approximate surface area is 145 Å². The fraction of sp³-hybridized carbons (Fsp3) is 0.222. The maximum absolute atomic E-state index is 14.6. The van der Waals surface area contributed by atoms with E-state index in [1.807, 2.05) is 15.9 Å². The zero-order valence-corrected chi connectivity index (χ0v) is 14.5. The van der Waals surface area contributed by atoms with E-state index < -0.39 is 27.7 Å². The van der Waals surface area contributed by atoms with Gasteiger partial charge in [-0.05, 0) is 29.8 Å². The van der Waals surface area contributed by atoms with Crippen molar-refractivity contribution in [2.45, 2.75) is 24.3 Å². The Balaban J connectivity index is 2.48. The highest BCUT2D eigenvalue weighted by atomic mass is 79.9. The van der Waals surface area contributed by atoms with Crippen LogP contribution in [0.25, 0.3) is 5.83 Å². The molecule has 0 amide bonds. The molecule has 0 spiro atoms. The predicted molar refractivity (Wildman–Crippen MR) is 88.2 cm³/mol. The number of benzene rings is 2. The fourth-order valence-electron chi connectivity index (χ4n) is 2.05. The van der Waals surface area contributed by atoms with Crippen LogP contribution in [0.3, 0.4) is 0 Å². The van der Waals surface area contributed by atoms with Crippen LogP contribution < -0.4 is 0 Å². The molecule has 0 nitrogen and oxygen atoms in total. The van der Waals surface area contributed by atoms with Gasteiger partial charge >= 0.3 is 5.92 Å². The smallest absolute Gasteiger partial charge is 0.216 e. The SMILES string of the molecule is Cc1ccc(/C(F)=C(\F)C(F)(Br)C(F)(F)c2ccc(C)cc2)cc1. The molecule has 6 heteroatoms. The normalized spacial score (nSPS) is 15.7. The monoisotopic (exact) mass is 404 g/mol. The van der Waals surface area contributed by atoms with Crippen molar-refractivity contribution in [2.75, 3.05) is 0 Å². The number of halogens is 6. The molecule has 2 aromatic carbocycles. The zero-order chi connectivity index (χ0) is 18.1. The zero-order valence-electron chi connectivity index (χ0n) is 12.9. The van der Waals surface area contributed by atoms with Crippen LogP contribution in [0.5, 0.6) is 0 Å². The molecule has 0 saturated heterocycles. The summed E-state index contributed by atoms with van der Waals surface area (Å²) in [5, 5.41) is 0. The summed E-state index contributed by atoms with van der Waals surface area (Å²) in [4.78, 5) is 0. The Kier molecular flexibility index (Phi) is 5.18. The molecule has 24 heavy (non-hydrogen) atoms. The van der Waals surface area contributed by atoms with Gasteiger partial charge in [-0.25, -0.2) is 13.2 Å². The Morgan fingerprint density at radius 3 is 1.67 bits per heavy atom. The van der Waals surface area contributed by atoms with Gasteiger partial charge in [0.05, 0.1) is 0 Å².